The van der Waals surface area contributed by atoms with Crippen molar-refractivity contribution in [2.75, 3.05) is 20.2 Å². The van der Waals surface area contributed by atoms with Crippen LogP contribution in [0.3, 0.4) is 0 Å². The number of amides is 2. The zero-order valence-electron chi connectivity index (χ0n) is 14.5. The maximum absolute atomic E-state index is 12.3. The standard InChI is InChI=1S/C17H20N4O5/c1-10(18-17(24)21-7-6-12(9-21)16(22)23)15-19-14(20-26-15)11-4-3-5-13(8-11)25-2/h3-5,8,10,12H,6-7,9H2,1-2H3,(H,18,24)(H,22,23). The summed E-state index contributed by atoms with van der Waals surface area (Å²) in [6.45, 7) is 2.34. The number of hydrogen-bond donors (Lipinski definition) is 2. The number of hydrogen-bond acceptors (Lipinski definition) is 6. The first kappa shape index (κ1) is 17.7. The molecule has 2 heterocycles. The van der Waals surface area contributed by atoms with Gasteiger partial charge in [-0.15, -0.1) is 0 Å². The van der Waals surface area contributed by atoms with E-state index in [2.05, 4.69) is 15.5 Å². The lowest BCUT2D eigenvalue weighted by atomic mass is 10.1. The minimum atomic E-state index is -0.881. The Hall–Kier alpha value is -3.10. The summed E-state index contributed by atoms with van der Waals surface area (Å²) in [5.74, 6) is -0.0539. The SMILES string of the molecule is COc1cccc(-c2noc(C(C)NC(=O)N3CCC(C(=O)O)C3)n2)c1. The molecule has 1 aliphatic rings. The maximum atomic E-state index is 12.3. The molecule has 9 heteroatoms. The summed E-state index contributed by atoms with van der Waals surface area (Å²) in [5.41, 5.74) is 0.738. The van der Waals surface area contributed by atoms with Gasteiger partial charge in [0.2, 0.25) is 11.7 Å². The van der Waals surface area contributed by atoms with Gasteiger partial charge in [0.1, 0.15) is 11.8 Å². The number of aliphatic carboxylic acids is 1. The molecule has 1 saturated heterocycles. The first-order valence-corrected chi connectivity index (χ1v) is 8.24. The predicted molar refractivity (Wildman–Crippen MR) is 90.5 cm³/mol. The molecule has 2 amide bonds. The van der Waals surface area contributed by atoms with Crippen LogP contribution in [0.4, 0.5) is 4.79 Å². The average Bonchev–Trinajstić information content (AvgIpc) is 3.31. The third-order valence-electron chi connectivity index (χ3n) is 4.30. The summed E-state index contributed by atoms with van der Waals surface area (Å²) >= 11 is 0. The van der Waals surface area contributed by atoms with E-state index in [1.54, 1.807) is 20.1 Å². The lowest BCUT2D eigenvalue weighted by Gasteiger charge is -2.18. The van der Waals surface area contributed by atoms with Gasteiger partial charge in [0.15, 0.2) is 0 Å². The highest BCUT2D eigenvalue weighted by atomic mass is 16.5. The fourth-order valence-electron chi connectivity index (χ4n) is 2.78. The number of carboxylic acids is 1. The van der Waals surface area contributed by atoms with Crippen LogP contribution in [0.15, 0.2) is 28.8 Å². The molecule has 0 radical (unpaired) electrons. The molecule has 138 valence electrons. The zero-order chi connectivity index (χ0) is 18.7. The van der Waals surface area contributed by atoms with Crippen molar-refractivity contribution in [1.29, 1.82) is 0 Å². The molecule has 0 spiro atoms. The van der Waals surface area contributed by atoms with Crippen molar-refractivity contribution >= 4 is 12.0 Å². The largest absolute Gasteiger partial charge is 0.497 e. The summed E-state index contributed by atoms with van der Waals surface area (Å²) in [5, 5.41) is 15.7. The number of likely N-dealkylation sites (tertiary alicyclic amines) is 1. The van der Waals surface area contributed by atoms with Gasteiger partial charge in [-0.1, -0.05) is 17.3 Å². The molecule has 0 saturated carbocycles. The van der Waals surface area contributed by atoms with E-state index >= 15 is 0 Å². The minimum absolute atomic E-state index is 0.201. The zero-order valence-corrected chi connectivity index (χ0v) is 14.5. The third-order valence-corrected chi connectivity index (χ3v) is 4.30. The van der Waals surface area contributed by atoms with Crippen LogP contribution >= 0.6 is 0 Å². The second-order valence-corrected chi connectivity index (χ2v) is 6.13. The second kappa shape index (κ2) is 7.42. The first-order valence-electron chi connectivity index (χ1n) is 8.24. The van der Waals surface area contributed by atoms with Gasteiger partial charge in [0.05, 0.1) is 13.0 Å². The summed E-state index contributed by atoms with van der Waals surface area (Å²) in [4.78, 5) is 29.1. The molecule has 9 nitrogen and oxygen atoms in total. The minimum Gasteiger partial charge on any atom is -0.497 e. The maximum Gasteiger partial charge on any atom is 0.318 e. The quantitative estimate of drug-likeness (QED) is 0.836. The van der Waals surface area contributed by atoms with Crippen LogP contribution in [0.5, 0.6) is 5.75 Å². The van der Waals surface area contributed by atoms with Crippen LogP contribution in [-0.2, 0) is 4.79 Å². The topological polar surface area (TPSA) is 118 Å². The molecule has 2 atom stereocenters. The number of urea groups is 1. The Morgan fingerprint density at radius 2 is 2.27 bits per heavy atom. The van der Waals surface area contributed by atoms with Crippen molar-refractivity contribution < 1.29 is 24.0 Å². The van der Waals surface area contributed by atoms with E-state index in [1.165, 1.54) is 4.90 Å². The molecule has 1 fully saturated rings. The van der Waals surface area contributed by atoms with E-state index in [0.29, 0.717) is 24.5 Å². The van der Waals surface area contributed by atoms with Crippen LogP contribution in [-0.4, -0.2) is 52.3 Å². The van der Waals surface area contributed by atoms with Crippen LogP contribution in [0.25, 0.3) is 11.4 Å². The van der Waals surface area contributed by atoms with Crippen molar-refractivity contribution in [3.63, 3.8) is 0 Å². The van der Waals surface area contributed by atoms with Gasteiger partial charge in [-0.2, -0.15) is 4.98 Å². The van der Waals surface area contributed by atoms with Crippen LogP contribution in [0, 0.1) is 5.92 Å². The number of ether oxygens (including phenoxy) is 1. The van der Waals surface area contributed by atoms with E-state index in [9.17, 15) is 9.59 Å². The molecule has 1 aromatic heterocycles. The van der Waals surface area contributed by atoms with Gasteiger partial charge < -0.3 is 24.6 Å². The van der Waals surface area contributed by atoms with E-state index in [4.69, 9.17) is 14.4 Å². The van der Waals surface area contributed by atoms with E-state index in [-0.39, 0.29) is 18.5 Å². The monoisotopic (exact) mass is 360 g/mol. The van der Waals surface area contributed by atoms with Crippen molar-refractivity contribution in [3.05, 3.63) is 30.2 Å². The number of benzene rings is 1. The Morgan fingerprint density at radius 3 is 2.96 bits per heavy atom. The molecule has 3 rings (SSSR count). The van der Waals surface area contributed by atoms with E-state index in [0.717, 1.165) is 5.56 Å². The van der Waals surface area contributed by atoms with Gasteiger partial charge >= 0.3 is 12.0 Å². The van der Waals surface area contributed by atoms with Gasteiger partial charge in [-0.25, -0.2) is 4.79 Å². The highest BCUT2D eigenvalue weighted by Gasteiger charge is 2.31. The highest BCUT2D eigenvalue weighted by Crippen LogP contribution is 2.23. The van der Waals surface area contributed by atoms with Crippen molar-refractivity contribution in [1.82, 2.24) is 20.4 Å². The molecule has 0 aliphatic carbocycles. The number of nitrogens with one attached hydrogen (secondary N) is 1. The fourth-order valence-corrected chi connectivity index (χ4v) is 2.78. The van der Waals surface area contributed by atoms with Crippen LogP contribution < -0.4 is 10.1 Å². The molecule has 2 aromatic rings. The molecular formula is C17H20N4O5. The number of carbonyl (C=O) groups is 2. The fraction of sp³-hybridized carbons (Fsp3) is 0.412. The summed E-state index contributed by atoms with van der Waals surface area (Å²) in [7, 11) is 1.58. The predicted octanol–water partition coefficient (Wildman–Crippen LogP) is 1.92. The highest BCUT2D eigenvalue weighted by molar-refractivity contribution is 5.77. The normalized spacial score (nSPS) is 17.8. The molecule has 2 unspecified atom stereocenters. The lowest BCUT2D eigenvalue weighted by molar-refractivity contribution is -0.141. The Bertz CT molecular complexity index is 806. The Kier molecular flexibility index (Phi) is 5.06. The van der Waals surface area contributed by atoms with Gasteiger partial charge in [-0.05, 0) is 25.5 Å². The molecule has 26 heavy (non-hydrogen) atoms. The van der Waals surface area contributed by atoms with Gasteiger partial charge in [0, 0.05) is 18.7 Å². The van der Waals surface area contributed by atoms with E-state index < -0.39 is 17.9 Å². The third kappa shape index (κ3) is 3.76. The first-order chi connectivity index (χ1) is 12.5. The van der Waals surface area contributed by atoms with Gasteiger partial charge in [-0.3, -0.25) is 4.79 Å². The second-order valence-electron chi connectivity index (χ2n) is 6.13. The lowest BCUT2D eigenvalue weighted by Crippen LogP contribution is -2.40. The summed E-state index contributed by atoms with van der Waals surface area (Å²) < 4.78 is 10.4. The molecular weight excluding hydrogens is 340 g/mol. The van der Waals surface area contributed by atoms with Crippen molar-refractivity contribution in [2.24, 2.45) is 5.92 Å². The number of rotatable bonds is 5. The summed E-state index contributed by atoms with van der Waals surface area (Å²) in [6, 6.07) is 6.40. The van der Waals surface area contributed by atoms with Crippen LogP contribution in [0.2, 0.25) is 0 Å². The number of carbonyl (C=O) groups excluding carboxylic acids is 1. The average molecular weight is 360 g/mol. The summed E-state index contributed by atoms with van der Waals surface area (Å²) in [6.07, 6.45) is 0.456. The van der Waals surface area contributed by atoms with Crippen molar-refractivity contribution in [3.8, 4) is 17.1 Å². The molecule has 1 aliphatic heterocycles. The van der Waals surface area contributed by atoms with Crippen LogP contribution in [0.1, 0.15) is 25.3 Å². The smallest absolute Gasteiger partial charge is 0.318 e. The number of nitrogens with zero attached hydrogens (tertiary/aromatic N) is 3. The van der Waals surface area contributed by atoms with Crippen molar-refractivity contribution in [2.45, 2.75) is 19.4 Å². The number of carboxylic acid groups (broad SMARTS) is 1. The molecule has 1 aromatic carbocycles. The number of aromatic nitrogens is 2. The Labute approximate surface area is 149 Å². The van der Waals surface area contributed by atoms with E-state index in [1.807, 2.05) is 18.2 Å². The Morgan fingerprint density at radius 1 is 1.46 bits per heavy atom. The van der Waals surface area contributed by atoms with Gasteiger partial charge in [0.25, 0.3) is 0 Å². The Balaban J connectivity index is 1.64. The molecule has 0 bridgehead atoms. The number of methoxy groups -OCH3 is 1. The molecule has 2 N–H and O–H groups in total.